The third-order valence-corrected chi connectivity index (χ3v) is 4.00. The molecule has 0 aliphatic heterocycles. The summed E-state index contributed by atoms with van der Waals surface area (Å²) >= 11 is 0. The van der Waals surface area contributed by atoms with Crippen molar-refractivity contribution < 1.29 is 56.8 Å². The number of hydrogen-bond acceptors (Lipinski definition) is 6. The molecule has 2 aromatic carbocycles. The van der Waals surface area contributed by atoms with Crippen LogP contribution in [0.15, 0.2) is 41.3 Å². The minimum absolute atomic E-state index is 0. The number of esters is 1. The van der Waals surface area contributed by atoms with Gasteiger partial charge in [-0.3, -0.25) is 4.79 Å². The van der Waals surface area contributed by atoms with Gasteiger partial charge >= 0.3 is 35.5 Å². The molecule has 0 aromatic heterocycles. The predicted molar refractivity (Wildman–Crippen MR) is 83.3 cm³/mol. The summed E-state index contributed by atoms with van der Waals surface area (Å²) in [4.78, 5) is 10.9. The molecule has 0 amide bonds. The predicted octanol–water partition coefficient (Wildman–Crippen LogP) is -0.530. The van der Waals surface area contributed by atoms with Gasteiger partial charge in [0.25, 0.3) is 0 Å². The van der Waals surface area contributed by atoms with E-state index in [0.717, 1.165) is 5.39 Å². The molecule has 0 heterocycles. The first-order valence-corrected chi connectivity index (χ1v) is 8.59. The maximum absolute atomic E-state index is 11.2. The van der Waals surface area contributed by atoms with Crippen molar-refractivity contribution in [2.45, 2.75) is 24.7 Å². The van der Waals surface area contributed by atoms with E-state index in [1.54, 1.807) is 31.2 Å². The summed E-state index contributed by atoms with van der Waals surface area (Å²) in [6.07, 6.45) is 0.844. The average molecular weight is 360 g/mol. The van der Waals surface area contributed by atoms with E-state index in [-0.39, 0.29) is 40.4 Å². The van der Waals surface area contributed by atoms with Crippen molar-refractivity contribution in [1.82, 2.24) is 0 Å². The molecular formula is C16H17NaO6S. The second-order valence-corrected chi connectivity index (χ2v) is 6.26. The van der Waals surface area contributed by atoms with Gasteiger partial charge in [0, 0.05) is 6.42 Å². The first-order chi connectivity index (χ1) is 10.9. The third-order valence-electron chi connectivity index (χ3n) is 3.17. The summed E-state index contributed by atoms with van der Waals surface area (Å²) in [7, 11) is -4.46. The van der Waals surface area contributed by atoms with Crippen LogP contribution in [0.3, 0.4) is 0 Å². The van der Waals surface area contributed by atoms with Gasteiger partial charge in [0.15, 0.2) is 0 Å². The normalized spacial score (nSPS) is 10.9. The van der Waals surface area contributed by atoms with Gasteiger partial charge in [0.05, 0.1) is 18.1 Å². The molecule has 0 atom stereocenters. The van der Waals surface area contributed by atoms with Crippen LogP contribution in [0, 0.1) is 0 Å². The van der Waals surface area contributed by atoms with Crippen LogP contribution >= 0.6 is 0 Å². The van der Waals surface area contributed by atoms with Crippen LogP contribution in [-0.4, -0.2) is 32.2 Å². The van der Waals surface area contributed by atoms with Crippen LogP contribution in [0.5, 0.6) is 5.75 Å². The summed E-state index contributed by atoms with van der Waals surface area (Å²) in [6, 6.07) is 9.29. The van der Waals surface area contributed by atoms with Gasteiger partial charge < -0.3 is 14.0 Å². The van der Waals surface area contributed by atoms with E-state index in [1.807, 2.05) is 0 Å². The largest absolute Gasteiger partial charge is 1.00 e. The van der Waals surface area contributed by atoms with E-state index in [4.69, 9.17) is 9.47 Å². The smallest absolute Gasteiger partial charge is 0.744 e. The van der Waals surface area contributed by atoms with Crippen molar-refractivity contribution in [1.29, 1.82) is 0 Å². The zero-order valence-electron chi connectivity index (χ0n) is 13.7. The number of fused-ring (bicyclic) bond motifs is 1. The number of rotatable bonds is 7. The number of carbonyl (C=O) groups is 1. The molecule has 0 N–H and O–H groups in total. The number of benzene rings is 2. The van der Waals surface area contributed by atoms with Crippen molar-refractivity contribution in [3.05, 3.63) is 36.4 Å². The quantitative estimate of drug-likeness (QED) is 0.285. The number of carbonyl (C=O) groups excluding carboxylic acids is 1. The molecule has 0 spiro atoms. The maximum atomic E-state index is 11.2. The molecule has 8 heteroatoms. The van der Waals surface area contributed by atoms with Gasteiger partial charge in [0.1, 0.15) is 15.9 Å². The Balaban J connectivity index is 0.00000288. The summed E-state index contributed by atoms with van der Waals surface area (Å²) in [5.41, 5.74) is 0. The topological polar surface area (TPSA) is 92.7 Å². The molecule has 0 aliphatic rings. The molecule has 0 saturated heterocycles. The molecule has 0 unspecified atom stereocenters. The Morgan fingerprint density at radius 1 is 1.12 bits per heavy atom. The van der Waals surface area contributed by atoms with Gasteiger partial charge in [-0.15, -0.1) is 0 Å². The van der Waals surface area contributed by atoms with E-state index in [2.05, 4.69) is 0 Å². The molecule has 0 fully saturated rings. The van der Waals surface area contributed by atoms with Crippen molar-refractivity contribution in [2.75, 3.05) is 13.2 Å². The monoisotopic (exact) mass is 360 g/mol. The van der Waals surface area contributed by atoms with Crippen molar-refractivity contribution >= 4 is 26.9 Å². The van der Waals surface area contributed by atoms with E-state index >= 15 is 0 Å². The van der Waals surface area contributed by atoms with Crippen LogP contribution in [-0.2, 0) is 19.6 Å². The van der Waals surface area contributed by atoms with Crippen LogP contribution in [0.1, 0.15) is 19.8 Å². The fraction of sp³-hybridized carbons (Fsp3) is 0.312. The zero-order valence-corrected chi connectivity index (χ0v) is 16.5. The van der Waals surface area contributed by atoms with E-state index in [0.29, 0.717) is 37.2 Å². The van der Waals surface area contributed by atoms with E-state index < -0.39 is 10.1 Å². The molecule has 2 rings (SSSR count). The second kappa shape index (κ2) is 9.39. The molecule has 0 aliphatic carbocycles. The molecular weight excluding hydrogens is 343 g/mol. The molecule has 0 saturated carbocycles. The van der Waals surface area contributed by atoms with Gasteiger partial charge in [-0.25, -0.2) is 8.42 Å². The minimum Gasteiger partial charge on any atom is -0.744 e. The van der Waals surface area contributed by atoms with Crippen LogP contribution in [0.4, 0.5) is 0 Å². The average Bonchev–Trinajstić information content (AvgIpc) is 2.50. The van der Waals surface area contributed by atoms with Crippen LogP contribution in [0.25, 0.3) is 10.8 Å². The Kier molecular flexibility index (Phi) is 8.18. The molecule has 0 radical (unpaired) electrons. The molecule has 0 bridgehead atoms. The first kappa shape index (κ1) is 20.9. The summed E-state index contributed by atoms with van der Waals surface area (Å²) in [6.45, 7) is 2.50. The zero-order chi connectivity index (χ0) is 16.9. The summed E-state index contributed by atoms with van der Waals surface area (Å²) in [5, 5.41) is 1.40. The maximum Gasteiger partial charge on any atom is 1.00 e. The van der Waals surface area contributed by atoms with Gasteiger partial charge in [0.2, 0.25) is 0 Å². The third kappa shape index (κ3) is 6.07. The molecule has 6 nitrogen and oxygen atoms in total. The van der Waals surface area contributed by atoms with Crippen molar-refractivity contribution in [3.8, 4) is 5.75 Å². The van der Waals surface area contributed by atoms with Crippen molar-refractivity contribution in [3.63, 3.8) is 0 Å². The minimum atomic E-state index is -4.46. The van der Waals surface area contributed by atoms with E-state index in [1.165, 1.54) is 12.1 Å². The van der Waals surface area contributed by atoms with Gasteiger partial charge in [-0.05, 0) is 48.4 Å². The Labute approximate surface area is 163 Å². The number of hydrogen-bond donors (Lipinski definition) is 0. The Hall–Kier alpha value is -1.12. The van der Waals surface area contributed by atoms with E-state index in [9.17, 15) is 17.8 Å². The van der Waals surface area contributed by atoms with Crippen LogP contribution in [0.2, 0.25) is 0 Å². The fourth-order valence-electron chi connectivity index (χ4n) is 2.09. The van der Waals surface area contributed by atoms with Crippen molar-refractivity contribution in [2.24, 2.45) is 0 Å². The van der Waals surface area contributed by atoms with Gasteiger partial charge in [-0.2, -0.15) is 0 Å². The second-order valence-electron chi connectivity index (χ2n) is 4.88. The SMILES string of the molecule is CCOC(=O)CCCOc1ccc2cc(S(=O)(=O)[O-])ccc2c1.[Na+]. The Morgan fingerprint density at radius 3 is 2.46 bits per heavy atom. The molecule has 24 heavy (non-hydrogen) atoms. The summed E-state index contributed by atoms with van der Waals surface area (Å²) < 4.78 is 43.4. The standard InChI is InChI=1S/C16H18O6S.Na/c1-2-21-16(17)4-3-9-22-14-7-5-13-11-15(23(18,19)20)8-6-12(13)10-14;/h5-8,10-11H,2-4,9H2,1H3,(H,18,19,20);/q;+1/p-1. The molecule has 2 aromatic rings. The Morgan fingerprint density at radius 2 is 1.79 bits per heavy atom. The van der Waals surface area contributed by atoms with Crippen LogP contribution < -0.4 is 34.3 Å². The summed E-state index contributed by atoms with van der Waals surface area (Å²) in [5.74, 6) is 0.361. The first-order valence-electron chi connectivity index (χ1n) is 7.18. The fourth-order valence-corrected chi connectivity index (χ4v) is 2.59. The molecule has 124 valence electrons. The van der Waals surface area contributed by atoms with Gasteiger partial charge in [-0.1, -0.05) is 12.1 Å². The Bertz CT molecular complexity index is 803. The number of ether oxygens (including phenoxy) is 2.